The Morgan fingerprint density at radius 3 is 2.37 bits per heavy atom. The third-order valence-corrected chi connectivity index (χ3v) is 8.17. The molecule has 2 N–H and O–H groups in total. The van der Waals surface area contributed by atoms with Gasteiger partial charge in [-0.1, -0.05) is 102 Å². The summed E-state index contributed by atoms with van der Waals surface area (Å²) in [4.78, 5) is 0. The molecule has 3 unspecified atom stereocenters. The average Bonchev–Trinajstić information content (AvgIpc) is 3.53. The van der Waals surface area contributed by atoms with Gasteiger partial charge in [0, 0.05) is 11.6 Å². The smallest absolute Gasteiger partial charge is 0.212 e. The van der Waals surface area contributed by atoms with Gasteiger partial charge in [0.1, 0.15) is 0 Å². The van der Waals surface area contributed by atoms with Gasteiger partial charge in [0.15, 0.2) is 5.82 Å². The van der Waals surface area contributed by atoms with Crippen LogP contribution in [0.25, 0.3) is 0 Å². The molecule has 35 heavy (non-hydrogen) atoms. The summed E-state index contributed by atoms with van der Waals surface area (Å²) in [5, 5.41) is 16.0. The van der Waals surface area contributed by atoms with E-state index in [0.717, 1.165) is 35.1 Å². The number of nitrogens with one attached hydrogen (secondary N) is 2. The number of rotatable bonds is 5. The first kappa shape index (κ1) is 22.8. The van der Waals surface area contributed by atoms with Gasteiger partial charge >= 0.3 is 0 Å². The average molecular weight is 521 g/mol. The monoisotopic (exact) mass is 520 g/mol. The molecule has 3 heterocycles. The molecule has 176 valence electrons. The highest BCUT2D eigenvalue weighted by molar-refractivity contribution is 8.00. The Hall–Kier alpha value is -2.68. The number of hydrazine groups is 1. The predicted octanol–water partition coefficient (Wildman–Crippen LogP) is 5.83. The molecule has 9 heteroatoms. The van der Waals surface area contributed by atoms with Gasteiger partial charge in [0.05, 0.1) is 27.0 Å². The summed E-state index contributed by atoms with van der Waals surface area (Å²) >= 11 is 14.3. The van der Waals surface area contributed by atoms with Gasteiger partial charge in [0.25, 0.3) is 0 Å². The van der Waals surface area contributed by atoms with Gasteiger partial charge in [0.2, 0.25) is 5.16 Å². The van der Waals surface area contributed by atoms with Crippen molar-refractivity contribution in [2.24, 2.45) is 5.10 Å². The lowest BCUT2D eigenvalue weighted by Crippen LogP contribution is -2.30. The van der Waals surface area contributed by atoms with E-state index in [1.807, 2.05) is 35.0 Å². The third-order valence-electron chi connectivity index (χ3n) is 6.29. The second-order valence-electron chi connectivity index (χ2n) is 8.60. The van der Waals surface area contributed by atoms with E-state index < -0.39 is 0 Å². The molecule has 0 aliphatic carbocycles. The molecule has 6 nitrogen and oxygen atoms in total. The normalized spacial score (nSPS) is 21.5. The van der Waals surface area contributed by atoms with Crippen molar-refractivity contribution in [2.75, 3.05) is 0 Å². The van der Waals surface area contributed by atoms with Gasteiger partial charge in [-0.15, -0.1) is 10.2 Å². The maximum atomic E-state index is 6.39. The van der Waals surface area contributed by atoms with Crippen LogP contribution in [0.1, 0.15) is 41.0 Å². The van der Waals surface area contributed by atoms with Gasteiger partial charge in [-0.3, -0.25) is 0 Å². The number of fused-ring (bicyclic) bond motifs is 1. The number of hydrogen-bond acceptors (Lipinski definition) is 6. The molecule has 0 bridgehead atoms. The lowest BCUT2D eigenvalue weighted by molar-refractivity contribution is 0.520. The van der Waals surface area contributed by atoms with Gasteiger partial charge in [-0.05, 0) is 36.1 Å². The molecule has 4 aromatic rings. The minimum atomic E-state index is -0.0217. The predicted molar refractivity (Wildman–Crippen MR) is 141 cm³/mol. The Balaban J connectivity index is 1.35. The molecule has 3 atom stereocenters. The number of benzene rings is 3. The zero-order chi connectivity index (χ0) is 23.8. The largest absolute Gasteiger partial charge is 0.250 e. The van der Waals surface area contributed by atoms with Crippen LogP contribution in [-0.2, 0) is 6.42 Å². The molecule has 0 radical (unpaired) electrons. The van der Waals surface area contributed by atoms with Crippen LogP contribution >= 0.6 is 35.0 Å². The first-order valence-electron chi connectivity index (χ1n) is 11.4. The lowest BCUT2D eigenvalue weighted by Gasteiger charge is -2.24. The zero-order valence-corrected chi connectivity index (χ0v) is 20.9. The molecule has 3 aromatic carbocycles. The first-order valence-corrected chi connectivity index (χ1v) is 13.1. The van der Waals surface area contributed by atoms with E-state index in [9.17, 15) is 0 Å². The fourth-order valence-electron chi connectivity index (χ4n) is 4.51. The topological polar surface area (TPSA) is 67.1 Å². The number of nitrogens with zero attached hydrogens (tertiary/aromatic N) is 4. The van der Waals surface area contributed by atoms with Crippen molar-refractivity contribution in [2.45, 2.75) is 35.3 Å². The fourth-order valence-corrected chi connectivity index (χ4v) is 5.96. The summed E-state index contributed by atoms with van der Waals surface area (Å²) in [5.41, 5.74) is 11.1. The standard InChI is InChI=1S/C26H22Cl2N6S/c27-19-12-11-18(14-20(19)28)24-23(13-16-7-3-1-4-8-16)35-26-32-31-25(34(26)33-24)22-15-21(29-30-22)17-9-5-2-6-10-17/h1-12,14,21-23,29-30H,13,15H2. The molecule has 1 saturated heterocycles. The van der Waals surface area contributed by atoms with E-state index in [4.69, 9.17) is 28.3 Å². The van der Waals surface area contributed by atoms with Crippen LogP contribution in [0.15, 0.2) is 89.1 Å². The molecular formula is C26H22Cl2N6S. The molecule has 2 aliphatic rings. The quantitative estimate of drug-likeness (QED) is 0.346. The van der Waals surface area contributed by atoms with Crippen molar-refractivity contribution in [3.8, 4) is 0 Å². The molecule has 1 fully saturated rings. The number of aromatic nitrogens is 3. The van der Waals surface area contributed by atoms with Crippen LogP contribution in [0.4, 0.5) is 0 Å². The molecule has 1 aromatic heterocycles. The van der Waals surface area contributed by atoms with E-state index in [1.54, 1.807) is 11.8 Å². The summed E-state index contributed by atoms with van der Waals surface area (Å²) in [6.07, 6.45) is 1.66. The van der Waals surface area contributed by atoms with E-state index in [0.29, 0.717) is 10.0 Å². The molecule has 6 rings (SSSR count). The van der Waals surface area contributed by atoms with Crippen molar-refractivity contribution in [1.82, 2.24) is 25.7 Å². The first-order chi connectivity index (χ1) is 17.2. The van der Waals surface area contributed by atoms with Crippen LogP contribution in [0.3, 0.4) is 0 Å². The van der Waals surface area contributed by atoms with Crippen molar-refractivity contribution in [1.29, 1.82) is 0 Å². The SMILES string of the molecule is Clc1ccc(C2=Nn3c(nnc3C3CC(c4ccccc4)NN3)SC2Cc2ccccc2)cc1Cl. The Morgan fingerprint density at radius 1 is 0.857 bits per heavy atom. The second-order valence-corrected chi connectivity index (χ2v) is 10.6. The summed E-state index contributed by atoms with van der Waals surface area (Å²) in [6.45, 7) is 0. The van der Waals surface area contributed by atoms with E-state index in [2.05, 4.69) is 69.6 Å². The molecule has 0 spiro atoms. The van der Waals surface area contributed by atoms with Gasteiger partial charge in [-0.2, -0.15) is 9.78 Å². The molecule has 0 saturated carbocycles. The minimum Gasteiger partial charge on any atom is -0.250 e. The second kappa shape index (κ2) is 9.76. The summed E-state index contributed by atoms with van der Waals surface area (Å²) < 4.78 is 1.87. The van der Waals surface area contributed by atoms with Crippen molar-refractivity contribution >= 4 is 40.7 Å². The highest BCUT2D eigenvalue weighted by atomic mass is 35.5. The summed E-state index contributed by atoms with van der Waals surface area (Å²) in [7, 11) is 0. The maximum absolute atomic E-state index is 6.39. The highest BCUT2D eigenvalue weighted by Gasteiger charge is 2.34. The summed E-state index contributed by atoms with van der Waals surface area (Å²) in [6, 6.07) is 26.7. The van der Waals surface area contributed by atoms with Crippen LogP contribution in [0.5, 0.6) is 0 Å². The number of halogens is 2. The van der Waals surface area contributed by atoms with Crippen LogP contribution in [0, 0.1) is 0 Å². The zero-order valence-electron chi connectivity index (χ0n) is 18.6. The van der Waals surface area contributed by atoms with E-state index in [-0.39, 0.29) is 17.3 Å². The van der Waals surface area contributed by atoms with E-state index >= 15 is 0 Å². The van der Waals surface area contributed by atoms with E-state index in [1.165, 1.54) is 11.1 Å². The van der Waals surface area contributed by atoms with Crippen LogP contribution < -0.4 is 10.9 Å². The third kappa shape index (κ3) is 4.62. The summed E-state index contributed by atoms with van der Waals surface area (Å²) in [5.74, 6) is 0.786. The van der Waals surface area contributed by atoms with Crippen LogP contribution in [-0.4, -0.2) is 25.8 Å². The van der Waals surface area contributed by atoms with Gasteiger partial charge in [-0.25, -0.2) is 10.9 Å². The van der Waals surface area contributed by atoms with Crippen molar-refractivity contribution in [3.05, 3.63) is 111 Å². The Labute approximate surface area is 217 Å². The number of hydrogen-bond donors (Lipinski definition) is 2. The molecule has 0 amide bonds. The maximum Gasteiger partial charge on any atom is 0.212 e. The number of thioether (sulfide) groups is 1. The Morgan fingerprint density at radius 2 is 1.60 bits per heavy atom. The molecular weight excluding hydrogens is 499 g/mol. The Bertz CT molecular complexity index is 1380. The highest BCUT2D eigenvalue weighted by Crippen LogP contribution is 2.37. The Kier molecular flexibility index (Phi) is 6.35. The minimum absolute atomic E-state index is 0.0217. The van der Waals surface area contributed by atoms with Crippen molar-refractivity contribution < 1.29 is 0 Å². The fraction of sp³-hybridized carbons (Fsp3) is 0.192. The van der Waals surface area contributed by atoms with Crippen molar-refractivity contribution in [3.63, 3.8) is 0 Å². The van der Waals surface area contributed by atoms with Crippen LogP contribution in [0.2, 0.25) is 10.0 Å². The lowest BCUT2D eigenvalue weighted by atomic mass is 10.0. The van der Waals surface area contributed by atoms with Gasteiger partial charge < -0.3 is 0 Å². The molecule has 2 aliphatic heterocycles.